The Kier molecular flexibility index (Phi) is 5.51. The van der Waals surface area contributed by atoms with E-state index in [4.69, 9.17) is 10.8 Å². The average molecular weight is 353 g/mol. The molecule has 1 fully saturated rings. The highest BCUT2D eigenvalue weighted by molar-refractivity contribution is 6.02. The van der Waals surface area contributed by atoms with E-state index in [1.165, 1.54) is 0 Å². The van der Waals surface area contributed by atoms with Crippen LogP contribution < -0.4 is 5.73 Å². The molecule has 1 aromatic heterocycles. The molecule has 1 aromatic carbocycles. The van der Waals surface area contributed by atoms with Crippen LogP contribution in [0.1, 0.15) is 42.5 Å². The van der Waals surface area contributed by atoms with Crippen molar-refractivity contribution in [1.82, 2.24) is 9.88 Å². The predicted molar refractivity (Wildman–Crippen MR) is 99.6 cm³/mol. The summed E-state index contributed by atoms with van der Waals surface area (Å²) in [7, 11) is 0. The largest absolute Gasteiger partial charge is 0.481 e. The van der Waals surface area contributed by atoms with Gasteiger partial charge in [0.05, 0.1) is 16.9 Å². The van der Waals surface area contributed by atoms with Crippen LogP contribution >= 0.6 is 0 Å². The molecule has 1 amide bonds. The molecular formula is C20H23N3O3. The smallest absolute Gasteiger partial charge is 0.303 e. The third-order valence-corrected chi connectivity index (χ3v) is 4.85. The lowest BCUT2D eigenvalue weighted by molar-refractivity contribution is -0.137. The number of nitrogens with zero attached hydrogens (tertiary/aromatic N) is 2. The standard InChI is InChI=1S/C20H23N3O3/c21-18-16(11-12-22-19(18)14-6-2-1-3-7-14)20(26)23-13-5-4-8-15(23)9-10-17(24)25/h1-3,6-7,11-12,15H,4-5,8-10,13,21H2,(H,24,25). The van der Waals surface area contributed by atoms with E-state index in [1.807, 2.05) is 30.3 Å². The number of anilines is 1. The molecule has 1 atom stereocenters. The number of carboxylic acid groups (broad SMARTS) is 1. The molecule has 3 rings (SSSR count). The molecule has 1 aliphatic rings. The van der Waals surface area contributed by atoms with Gasteiger partial charge in [-0.05, 0) is 31.7 Å². The topological polar surface area (TPSA) is 96.5 Å². The van der Waals surface area contributed by atoms with Crippen LogP contribution in [0, 0.1) is 0 Å². The summed E-state index contributed by atoms with van der Waals surface area (Å²) in [6, 6.07) is 11.1. The summed E-state index contributed by atoms with van der Waals surface area (Å²) in [5.41, 5.74) is 8.54. The molecule has 1 saturated heterocycles. The Morgan fingerprint density at radius 3 is 2.69 bits per heavy atom. The SMILES string of the molecule is Nc1c(C(=O)N2CCCCC2CCC(=O)O)ccnc1-c1ccccc1. The Morgan fingerprint density at radius 2 is 1.96 bits per heavy atom. The van der Waals surface area contributed by atoms with Gasteiger partial charge in [-0.1, -0.05) is 30.3 Å². The first-order valence-electron chi connectivity index (χ1n) is 8.90. The number of hydrogen-bond donors (Lipinski definition) is 2. The van der Waals surface area contributed by atoms with Crippen molar-refractivity contribution >= 4 is 17.6 Å². The first kappa shape index (κ1) is 17.9. The molecule has 26 heavy (non-hydrogen) atoms. The van der Waals surface area contributed by atoms with Crippen LogP contribution in [-0.4, -0.2) is 39.5 Å². The lowest BCUT2D eigenvalue weighted by Crippen LogP contribution is -2.44. The lowest BCUT2D eigenvalue weighted by atomic mass is 9.96. The number of carbonyl (C=O) groups excluding carboxylic acids is 1. The summed E-state index contributed by atoms with van der Waals surface area (Å²) < 4.78 is 0. The van der Waals surface area contributed by atoms with Crippen LogP contribution in [0.5, 0.6) is 0 Å². The number of amides is 1. The number of likely N-dealkylation sites (tertiary alicyclic amines) is 1. The Balaban J connectivity index is 1.88. The van der Waals surface area contributed by atoms with Crippen molar-refractivity contribution in [3.05, 3.63) is 48.2 Å². The van der Waals surface area contributed by atoms with Gasteiger partial charge in [-0.3, -0.25) is 14.6 Å². The number of piperidine rings is 1. The second kappa shape index (κ2) is 7.99. The van der Waals surface area contributed by atoms with Crippen molar-refractivity contribution in [1.29, 1.82) is 0 Å². The van der Waals surface area contributed by atoms with Crippen LogP contribution in [0.25, 0.3) is 11.3 Å². The van der Waals surface area contributed by atoms with Gasteiger partial charge in [-0.25, -0.2) is 0 Å². The molecule has 136 valence electrons. The van der Waals surface area contributed by atoms with Gasteiger partial charge >= 0.3 is 5.97 Å². The fraction of sp³-hybridized carbons (Fsp3) is 0.350. The molecule has 6 nitrogen and oxygen atoms in total. The summed E-state index contributed by atoms with van der Waals surface area (Å²) >= 11 is 0. The third kappa shape index (κ3) is 3.85. The number of nitrogens with two attached hydrogens (primary N) is 1. The Bertz CT molecular complexity index is 792. The molecule has 1 aliphatic heterocycles. The van der Waals surface area contributed by atoms with Gasteiger partial charge < -0.3 is 15.7 Å². The van der Waals surface area contributed by atoms with E-state index in [0.29, 0.717) is 29.9 Å². The van der Waals surface area contributed by atoms with Gasteiger partial charge in [0, 0.05) is 30.8 Å². The number of benzene rings is 1. The first-order chi connectivity index (χ1) is 12.6. The molecule has 0 spiro atoms. The maximum Gasteiger partial charge on any atom is 0.303 e. The Morgan fingerprint density at radius 1 is 1.19 bits per heavy atom. The zero-order valence-electron chi connectivity index (χ0n) is 14.6. The average Bonchev–Trinajstić information content (AvgIpc) is 2.67. The molecule has 6 heteroatoms. The van der Waals surface area contributed by atoms with Gasteiger partial charge in [-0.2, -0.15) is 0 Å². The molecule has 2 aromatic rings. The minimum Gasteiger partial charge on any atom is -0.481 e. The molecule has 0 aliphatic carbocycles. The van der Waals surface area contributed by atoms with Crippen molar-refractivity contribution < 1.29 is 14.7 Å². The van der Waals surface area contributed by atoms with E-state index in [9.17, 15) is 9.59 Å². The highest BCUT2D eigenvalue weighted by atomic mass is 16.4. The molecule has 3 N–H and O–H groups in total. The fourth-order valence-electron chi connectivity index (χ4n) is 3.50. The van der Waals surface area contributed by atoms with E-state index in [-0.39, 0.29) is 18.4 Å². The van der Waals surface area contributed by atoms with E-state index in [2.05, 4.69) is 4.98 Å². The van der Waals surface area contributed by atoms with Gasteiger partial charge in [0.2, 0.25) is 0 Å². The number of nitrogen functional groups attached to an aromatic ring is 1. The second-order valence-electron chi connectivity index (χ2n) is 6.57. The van der Waals surface area contributed by atoms with Crippen LogP contribution in [0.4, 0.5) is 5.69 Å². The predicted octanol–water partition coefficient (Wildman–Crippen LogP) is 3.19. The summed E-state index contributed by atoms with van der Waals surface area (Å²) in [5, 5.41) is 8.96. The monoisotopic (exact) mass is 353 g/mol. The maximum atomic E-state index is 13.1. The first-order valence-corrected chi connectivity index (χ1v) is 8.90. The highest BCUT2D eigenvalue weighted by Gasteiger charge is 2.29. The number of aromatic nitrogens is 1. The third-order valence-electron chi connectivity index (χ3n) is 4.85. The maximum absolute atomic E-state index is 13.1. The minimum atomic E-state index is -0.835. The van der Waals surface area contributed by atoms with Gasteiger partial charge in [0.15, 0.2) is 0 Å². The zero-order chi connectivity index (χ0) is 18.5. The fourth-order valence-corrected chi connectivity index (χ4v) is 3.50. The zero-order valence-corrected chi connectivity index (χ0v) is 14.6. The number of carboxylic acids is 1. The van der Waals surface area contributed by atoms with Crippen LogP contribution in [-0.2, 0) is 4.79 Å². The number of hydrogen-bond acceptors (Lipinski definition) is 4. The number of aliphatic carboxylic acids is 1. The highest BCUT2D eigenvalue weighted by Crippen LogP contribution is 2.29. The van der Waals surface area contributed by atoms with E-state index < -0.39 is 5.97 Å². The summed E-state index contributed by atoms with van der Waals surface area (Å²) in [6.45, 7) is 0.631. The number of carbonyl (C=O) groups is 2. The molecule has 2 heterocycles. The molecule has 0 radical (unpaired) electrons. The number of rotatable bonds is 5. The normalized spacial score (nSPS) is 17.1. The summed E-state index contributed by atoms with van der Waals surface area (Å²) in [4.78, 5) is 30.2. The minimum absolute atomic E-state index is 0.0555. The van der Waals surface area contributed by atoms with Crippen molar-refractivity contribution in [2.75, 3.05) is 12.3 Å². The van der Waals surface area contributed by atoms with Gasteiger partial charge in [-0.15, -0.1) is 0 Å². The van der Waals surface area contributed by atoms with E-state index in [0.717, 1.165) is 24.8 Å². The van der Waals surface area contributed by atoms with Crippen molar-refractivity contribution in [3.8, 4) is 11.3 Å². The number of pyridine rings is 1. The van der Waals surface area contributed by atoms with Gasteiger partial charge in [0.25, 0.3) is 5.91 Å². The van der Waals surface area contributed by atoms with Crippen molar-refractivity contribution in [2.45, 2.75) is 38.1 Å². The lowest BCUT2D eigenvalue weighted by Gasteiger charge is -2.36. The van der Waals surface area contributed by atoms with Crippen LogP contribution in [0.2, 0.25) is 0 Å². The Labute approximate surface area is 152 Å². The molecule has 0 saturated carbocycles. The summed E-state index contributed by atoms with van der Waals surface area (Å²) in [5.74, 6) is -0.977. The van der Waals surface area contributed by atoms with Crippen LogP contribution in [0.3, 0.4) is 0 Å². The molecule has 0 bridgehead atoms. The second-order valence-corrected chi connectivity index (χ2v) is 6.57. The van der Waals surface area contributed by atoms with Crippen molar-refractivity contribution in [3.63, 3.8) is 0 Å². The van der Waals surface area contributed by atoms with Crippen LogP contribution in [0.15, 0.2) is 42.6 Å². The van der Waals surface area contributed by atoms with E-state index >= 15 is 0 Å². The summed E-state index contributed by atoms with van der Waals surface area (Å²) in [6.07, 6.45) is 4.89. The van der Waals surface area contributed by atoms with Gasteiger partial charge in [0.1, 0.15) is 0 Å². The molecule has 1 unspecified atom stereocenters. The quantitative estimate of drug-likeness (QED) is 0.860. The van der Waals surface area contributed by atoms with E-state index in [1.54, 1.807) is 17.2 Å². The van der Waals surface area contributed by atoms with Crippen molar-refractivity contribution in [2.24, 2.45) is 0 Å². The Hall–Kier alpha value is -2.89. The molecular weight excluding hydrogens is 330 g/mol.